The predicted molar refractivity (Wildman–Crippen MR) is 103 cm³/mol. The van der Waals surface area contributed by atoms with Gasteiger partial charge in [0, 0.05) is 28.4 Å². The van der Waals surface area contributed by atoms with Crippen LogP contribution in [0.15, 0.2) is 47.5 Å². The Morgan fingerprint density at radius 1 is 1.12 bits per heavy atom. The maximum absolute atomic E-state index is 6.09. The van der Waals surface area contributed by atoms with Gasteiger partial charge in [-0.2, -0.15) is 0 Å². The van der Waals surface area contributed by atoms with Crippen LogP contribution in [0.25, 0.3) is 0 Å². The van der Waals surface area contributed by atoms with Gasteiger partial charge in [0.1, 0.15) is 0 Å². The van der Waals surface area contributed by atoms with Gasteiger partial charge in [-0.15, -0.1) is 0 Å². The van der Waals surface area contributed by atoms with Gasteiger partial charge < -0.3 is 20.5 Å². The van der Waals surface area contributed by atoms with Crippen LogP contribution in [0.3, 0.4) is 0 Å². The van der Waals surface area contributed by atoms with E-state index >= 15 is 0 Å². The molecule has 0 unspecified atom stereocenters. The van der Waals surface area contributed by atoms with Crippen LogP contribution in [0.2, 0.25) is 10.0 Å². The highest BCUT2D eigenvalue weighted by Gasteiger charge is 2.03. The summed E-state index contributed by atoms with van der Waals surface area (Å²) < 4.78 is 10.7. The maximum atomic E-state index is 6.09. The Balaban J connectivity index is 1.78. The number of nitrogens with two attached hydrogens (primary N) is 1. The zero-order chi connectivity index (χ0) is 18.1. The number of aliphatic imine (C=N–C) groups is 1. The fraction of sp³-hybridized carbons (Fsp3) is 0.278. The van der Waals surface area contributed by atoms with Gasteiger partial charge in [0.15, 0.2) is 5.96 Å². The van der Waals surface area contributed by atoms with E-state index in [0.29, 0.717) is 42.4 Å². The molecule has 134 valence electrons. The van der Waals surface area contributed by atoms with Gasteiger partial charge in [0.05, 0.1) is 26.4 Å². The fourth-order valence-electron chi connectivity index (χ4n) is 2.15. The lowest BCUT2D eigenvalue weighted by Gasteiger charge is -2.11. The summed E-state index contributed by atoms with van der Waals surface area (Å²) in [5.74, 6) is 0.330. The van der Waals surface area contributed by atoms with Crippen LogP contribution in [0.5, 0.6) is 0 Å². The second kappa shape index (κ2) is 10.3. The standard InChI is InChI=1S/C18H21Cl2N3O2/c1-24-11-14-4-2-3-5-17(14)23-18(21)22-8-9-25-12-13-6-7-15(19)10-16(13)20/h2-7,10H,8-9,11-12H2,1H3,(H3,21,22,23). The molecule has 5 nitrogen and oxygen atoms in total. The number of nitrogens with one attached hydrogen (secondary N) is 1. The number of benzene rings is 2. The molecule has 3 N–H and O–H groups in total. The first-order valence-corrected chi connectivity index (χ1v) is 8.51. The van der Waals surface area contributed by atoms with Crippen LogP contribution in [-0.2, 0) is 22.7 Å². The molecule has 0 aliphatic rings. The van der Waals surface area contributed by atoms with E-state index in [1.165, 1.54) is 0 Å². The first-order chi connectivity index (χ1) is 12.1. The fourth-order valence-corrected chi connectivity index (χ4v) is 2.62. The summed E-state index contributed by atoms with van der Waals surface area (Å²) in [6.07, 6.45) is 0. The van der Waals surface area contributed by atoms with Crippen molar-refractivity contribution < 1.29 is 9.47 Å². The normalized spacial score (nSPS) is 11.6. The highest BCUT2D eigenvalue weighted by Crippen LogP contribution is 2.21. The van der Waals surface area contributed by atoms with Crippen LogP contribution in [-0.4, -0.2) is 26.2 Å². The Bertz CT molecular complexity index is 723. The summed E-state index contributed by atoms with van der Waals surface area (Å²) in [6, 6.07) is 13.1. The highest BCUT2D eigenvalue weighted by atomic mass is 35.5. The summed E-state index contributed by atoms with van der Waals surface area (Å²) in [4.78, 5) is 4.25. The van der Waals surface area contributed by atoms with Gasteiger partial charge in [0.25, 0.3) is 0 Å². The minimum Gasteiger partial charge on any atom is -0.380 e. The van der Waals surface area contributed by atoms with E-state index in [0.717, 1.165) is 16.8 Å². The minimum absolute atomic E-state index is 0.330. The van der Waals surface area contributed by atoms with Crippen molar-refractivity contribution in [3.63, 3.8) is 0 Å². The summed E-state index contributed by atoms with van der Waals surface area (Å²) in [5, 5.41) is 4.27. The molecule has 0 heterocycles. The van der Waals surface area contributed by atoms with Crippen molar-refractivity contribution in [2.24, 2.45) is 10.7 Å². The van der Waals surface area contributed by atoms with Crippen LogP contribution in [0, 0.1) is 0 Å². The smallest absolute Gasteiger partial charge is 0.193 e. The third-order valence-electron chi connectivity index (χ3n) is 3.37. The van der Waals surface area contributed by atoms with E-state index in [4.69, 9.17) is 38.4 Å². The van der Waals surface area contributed by atoms with E-state index in [-0.39, 0.29) is 0 Å². The molecular formula is C18H21Cl2N3O2. The second-order valence-corrected chi connectivity index (χ2v) is 6.11. The second-order valence-electron chi connectivity index (χ2n) is 5.27. The number of hydrogen-bond acceptors (Lipinski definition) is 3. The number of ether oxygens (including phenoxy) is 2. The number of para-hydroxylation sites is 1. The van der Waals surface area contributed by atoms with Crippen LogP contribution in [0.1, 0.15) is 11.1 Å². The largest absolute Gasteiger partial charge is 0.380 e. The lowest BCUT2D eigenvalue weighted by molar-refractivity contribution is 0.128. The molecule has 2 aromatic carbocycles. The van der Waals surface area contributed by atoms with E-state index in [1.807, 2.05) is 30.3 Å². The maximum Gasteiger partial charge on any atom is 0.193 e. The average Bonchev–Trinajstić information content (AvgIpc) is 2.58. The molecule has 0 bridgehead atoms. The Hall–Kier alpha value is -1.79. The first-order valence-electron chi connectivity index (χ1n) is 7.75. The Morgan fingerprint density at radius 3 is 2.68 bits per heavy atom. The molecule has 0 amide bonds. The van der Waals surface area contributed by atoms with Crippen LogP contribution in [0.4, 0.5) is 5.69 Å². The van der Waals surface area contributed by atoms with E-state index in [1.54, 1.807) is 19.2 Å². The van der Waals surface area contributed by atoms with Crippen molar-refractivity contribution in [3.05, 3.63) is 63.6 Å². The third-order valence-corrected chi connectivity index (χ3v) is 3.96. The van der Waals surface area contributed by atoms with Crippen molar-refractivity contribution in [1.82, 2.24) is 0 Å². The molecule has 0 aromatic heterocycles. The number of rotatable bonds is 8. The number of methoxy groups -OCH3 is 1. The number of halogens is 2. The summed E-state index contributed by atoms with van der Waals surface area (Å²) in [7, 11) is 1.65. The van der Waals surface area contributed by atoms with Gasteiger partial charge in [-0.05, 0) is 23.8 Å². The number of nitrogens with zero attached hydrogens (tertiary/aromatic N) is 1. The lowest BCUT2D eigenvalue weighted by atomic mass is 10.2. The highest BCUT2D eigenvalue weighted by molar-refractivity contribution is 6.35. The molecule has 0 fully saturated rings. The van der Waals surface area contributed by atoms with E-state index < -0.39 is 0 Å². The van der Waals surface area contributed by atoms with Crippen molar-refractivity contribution in [2.45, 2.75) is 13.2 Å². The molecule has 0 aliphatic carbocycles. The number of guanidine groups is 1. The molecule has 0 aliphatic heterocycles. The van der Waals surface area contributed by atoms with Gasteiger partial charge >= 0.3 is 0 Å². The van der Waals surface area contributed by atoms with Gasteiger partial charge in [-0.3, -0.25) is 4.99 Å². The molecule has 0 saturated carbocycles. The molecule has 0 spiro atoms. The van der Waals surface area contributed by atoms with Crippen molar-refractivity contribution in [3.8, 4) is 0 Å². The minimum atomic E-state index is 0.330. The quantitative estimate of drug-likeness (QED) is 0.410. The molecule has 2 rings (SSSR count). The first kappa shape index (κ1) is 19.5. The van der Waals surface area contributed by atoms with E-state index in [9.17, 15) is 0 Å². The van der Waals surface area contributed by atoms with Gasteiger partial charge in [-0.25, -0.2) is 0 Å². The Kier molecular flexibility index (Phi) is 8.01. The number of anilines is 1. The predicted octanol–water partition coefficient (Wildman–Crippen LogP) is 4.08. The average molecular weight is 382 g/mol. The van der Waals surface area contributed by atoms with Crippen molar-refractivity contribution in [2.75, 3.05) is 25.6 Å². The lowest BCUT2D eigenvalue weighted by Crippen LogP contribution is -2.24. The van der Waals surface area contributed by atoms with Gasteiger partial charge in [0.2, 0.25) is 0 Å². The molecule has 7 heteroatoms. The summed E-state index contributed by atoms with van der Waals surface area (Å²) in [6.45, 7) is 1.77. The van der Waals surface area contributed by atoms with Crippen LogP contribution < -0.4 is 11.1 Å². The monoisotopic (exact) mass is 381 g/mol. The summed E-state index contributed by atoms with van der Waals surface area (Å²) >= 11 is 12.0. The Labute approximate surface area is 157 Å². The van der Waals surface area contributed by atoms with Gasteiger partial charge in [-0.1, -0.05) is 47.5 Å². The zero-order valence-corrected chi connectivity index (χ0v) is 15.5. The molecule has 0 saturated heterocycles. The van der Waals surface area contributed by atoms with Crippen LogP contribution >= 0.6 is 23.2 Å². The molecule has 0 atom stereocenters. The molecular weight excluding hydrogens is 361 g/mol. The van der Waals surface area contributed by atoms with E-state index in [2.05, 4.69) is 10.3 Å². The SMILES string of the molecule is COCc1ccccc1NC(N)=NCCOCc1ccc(Cl)cc1Cl. The summed E-state index contributed by atoms with van der Waals surface area (Å²) in [5.41, 5.74) is 8.68. The van der Waals surface area contributed by atoms with Crippen molar-refractivity contribution >= 4 is 34.8 Å². The third kappa shape index (κ3) is 6.55. The number of hydrogen-bond donors (Lipinski definition) is 2. The molecule has 2 aromatic rings. The topological polar surface area (TPSA) is 68.9 Å². The Morgan fingerprint density at radius 2 is 1.92 bits per heavy atom. The van der Waals surface area contributed by atoms with Crippen molar-refractivity contribution in [1.29, 1.82) is 0 Å². The molecule has 0 radical (unpaired) electrons. The zero-order valence-electron chi connectivity index (χ0n) is 14.0. The molecule has 25 heavy (non-hydrogen) atoms.